The Bertz CT molecular complexity index is 1380. The SMILES string of the molecule is CC(C)(C)NC(=O)N[C@H](C(=O)N1C[C@H]2[C@@H]([C@H]1C(=O)NC(CC1CC1)C(=O)C(=O)NCC(=O)NCc1ccccc1)C2(C)C)C(C)(C)C. The fourth-order valence-corrected chi connectivity index (χ4v) is 6.58. The Morgan fingerprint density at radius 1 is 0.915 bits per heavy atom. The van der Waals surface area contributed by atoms with E-state index in [4.69, 9.17) is 0 Å². The summed E-state index contributed by atoms with van der Waals surface area (Å²) in [4.78, 5) is 81.2. The van der Waals surface area contributed by atoms with Crippen LogP contribution in [-0.2, 0) is 30.5 Å². The number of benzene rings is 1. The number of hydrogen-bond acceptors (Lipinski definition) is 6. The summed E-state index contributed by atoms with van der Waals surface area (Å²) in [6, 6.07) is 5.96. The zero-order valence-electron chi connectivity index (χ0n) is 29.0. The molecule has 5 N–H and O–H groups in total. The van der Waals surface area contributed by atoms with Crippen LogP contribution in [0.1, 0.15) is 80.2 Å². The number of rotatable bonds is 12. The number of amides is 6. The maximum atomic E-state index is 14.1. The molecule has 12 heteroatoms. The molecule has 1 aromatic rings. The molecule has 0 radical (unpaired) electrons. The van der Waals surface area contributed by atoms with Crippen molar-refractivity contribution in [3.05, 3.63) is 35.9 Å². The normalized spacial score (nSPS) is 22.6. The molecule has 3 aliphatic rings. The molecular formula is C35H52N6O6. The highest BCUT2D eigenvalue weighted by molar-refractivity contribution is 6.38. The number of ketones is 1. The van der Waals surface area contributed by atoms with E-state index in [1.807, 2.05) is 71.9 Å². The number of Topliss-reactive ketones (excluding diaryl/α,β-unsaturated/α-hetero) is 1. The number of piperidine rings is 1. The second-order valence-corrected chi connectivity index (χ2v) is 16.1. The number of nitrogens with zero attached hydrogens (tertiary/aromatic N) is 1. The Hall–Kier alpha value is -3.96. The minimum absolute atomic E-state index is 0.0847. The third-order valence-electron chi connectivity index (χ3n) is 9.50. The molecule has 47 heavy (non-hydrogen) atoms. The molecule has 258 valence electrons. The van der Waals surface area contributed by atoms with Crippen LogP contribution in [0, 0.1) is 28.6 Å². The number of likely N-dealkylation sites (tertiary alicyclic amines) is 1. The largest absolute Gasteiger partial charge is 0.350 e. The lowest BCUT2D eigenvalue weighted by Gasteiger charge is -2.38. The summed E-state index contributed by atoms with van der Waals surface area (Å²) in [5.41, 5.74) is -0.466. The first-order valence-corrected chi connectivity index (χ1v) is 16.6. The summed E-state index contributed by atoms with van der Waals surface area (Å²) in [6.45, 7) is 15.5. The van der Waals surface area contributed by atoms with Crippen LogP contribution in [0.25, 0.3) is 0 Å². The van der Waals surface area contributed by atoms with Gasteiger partial charge in [0.2, 0.25) is 23.5 Å². The van der Waals surface area contributed by atoms with Crippen LogP contribution in [0.3, 0.4) is 0 Å². The predicted molar refractivity (Wildman–Crippen MR) is 177 cm³/mol. The third kappa shape index (κ3) is 9.10. The van der Waals surface area contributed by atoms with Crippen molar-refractivity contribution >= 4 is 35.4 Å². The average Bonchev–Trinajstić information content (AvgIpc) is 3.83. The molecule has 3 fully saturated rings. The molecule has 6 amide bonds. The summed E-state index contributed by atoms with van der Waals surface area (Å²) in [6.07, 6.45) is 2.09. The van der Waals surface area contributed by atoms with E-state index in [0.29, 0.717) is 13.0 Å². The number of carbonyl (C=O) groups is 6. The van der Waals surface area contributed by atoms with E-state index < -0.39 is 58.6 Å². The van der Waals surface area contributed by atoms with E-state index in [1.165, 1.54) is 0 Å². The van der Waals surface area contributed by atoms with E-state index in [2.05, 4.69) is 40.4 Å². The van der Waals surface area contributed by atoms with Crippen molar-refractivity contribution in [2.45, 2.75) is 105 Å². The fourth-order valence-electron chi connectivity index (χ4n) is 6.58. The predicted octanol–water partition coefficient (Wildman–Crippen LogP) is 2.27. The van der Waals surface area contributed by atoms with Crippen LogP contribution in [0.2, 0.25) is 0 Å². The molecule has 1 saturated heterocycles. The third-order valence-corrected chi connectivity index (χ3v) is 9.50. The second kappa shape index (κ2) is 13.6. The molecule has 5 atom stereocenters. The molecule has 4 rings (SSSR count). The molecule has 2 aliphatic carbocycles. The van der Waals surface area contributed by atoms with Crippen LogP contribution < -0.4 is 26.6 Å². The van der Waals surface area contributed by atoms with E-state index in [9.17, 15) is 28.8 Å². The molecule has 0 aromatic heterocycles. The van der Waals surface area contributed by atoms with Crippen molar-refractivity contribution in [2.24, 2.45) is 28.6 Å². The summed E-state index contributed by atoms with van der Waals surface area (Å²) < 4.78 is 0. The van der Waals surface area contributed by atoms with Crippen LogP contribution in [0.4, 0.5) is 4.79 Å². The van der Waals surface area contributed by atoms with Gasteiger partial charge in [-0.05, 0) is 61.3 Å². The van der Waals surface area contributed by atoms with Crippen molar-refractivity contribution in [1.29, 1.82) is 0 Å². The van der Waals surface area contributed by atoms with Crippen molar-refractivity contribution < 1.29 is 28.8 Å². The lowest BCUT2D eigenvalue weighted by atomic mass is 9.85. The van der Waals surface area contributed by atoms with Crippen LogP contribution in [0.5, 0.6) is 0 Å². The topological polar surface area (TPSA) is 166 Å². The minimum Gasteiger partial charge on any atom is -0.350 e. The van der Waals surface area contributed by atoms with E-state index >= 15 is 0 Å². The number of nitrogens with one attached hydrogen (secondary N) is 5. The van der Waals surface area contributed by atoms with Crippen LogP contribution in [0.15, 0.2) is 30.3 Å². The smallest absolute Gasteiger partial charge is 0.315 e. The highest BCUT2D eigenvalue weighted by Crippen LogP contribution is 2.65. The minimum atomic E-state index is -1.09. The summed E-state index contributed by atoms with van der Waals surface area (Å²) >= 11 is 0. The van der Waals surface area contributed by atoms with E-state index in [0.717, 1.165) is 18.4 Å². The van der Waals surface area contributed by atoms with Crippen LogP contribution in [-0.4, -0.2) is 77.1 Å². The maximum absolute atomic E-state index is 14.1. The Labute approximate surface area is 277 Å². The van der Waals surface area contributed by atoms with Gasteiger partial charge in [0.1, 0.15) is 12.1 Å². The van der Waals surface area contributed by atoms with Gasteiger partial charge < -0.3 is 31.5 Å². The van der Waals surface area contributed by atoms with E-state index in [1.54, 1.807) is 4.90 Å². The average molecular weight is 653 g/mol. The fraction of sp³-hybridized carbons (Fsp3) is 0.657. The lowest BCUT2D eigenvalue weighted by Crippen LogP contribution is -2.62. The number of carbonyl (C=O) groups excluding carboxylic acids is 6. The van der Waals surface area contributed by atoms with Crippen molar-refractivity contribution in [3.63, 3.8) is 0 Å². The van der Waals surface area contributed by atoms with Crippen molar-refractivity contribution in [1.82, 2.24) is 31.5 Å². The zero-order valence-corrected chi connectivity index (χ0v) is 29.0. The van der Waals surface area contributed by atoms with Gasteiger partial charge in [-0.2, -0.15) is 0 Å². The van der Waals surface area contributed by atoms with Gasteiger partial charge in [-0.15, -0.1) is 0 Å². The monoisotopic (exact) mass is 652 g/mol. The second-order valence-electron chi connectivity index (χ2n) is 16.1. The van der Waals surface area contributed by atoms with Gasteiger partial charge in [-0.1, -0.05) is 77.8 Å². The summed E-state index contributed by atoms with van der Waals surface area (Å²) in [7, 11) is 0. The molecule has 1 unspecified atom stereocenters. The Balaban J connectivity index is 1.44. The Morgan fingerprint density at radius 3 is 2.13 bits per heavy atom. The molecule has 1 aliphatic heterocycles. The molecule has 12 nitrogen and oxygen atoms in total. The summed E-state index contributed by atoms with van der Waals surface area (Å²) in [5.74, 6) is -2.92. The van der Waals surface area contributed by atoms with Gasteiger partial charge >= 0.3 is 6.03 Å². The number of urea groups is 1. The molecule has 0 spiro atoms. The highest BCUT2D eigenvalue weighted by Gasteiger charge is 2.70. The van der Waals surface area contributed by atoms with Gasteiger partial charge in [0.15, 0.2) is 0 Å². The molecule has 0 bridgehead atoms. The number of fused-ring (bicyclic) bond motifs is 1. The van der Waals surface area contributed by atoms with Gasteiger partial charge in [0.25, 0.3) is 5.91 Å². The molecule has 1 heterocycles. The highest BCUT2D eigenvalue weighted by atomic mass is 16.2. The zero-order chi connectivity index (χ0) is 34.9. The molecule has 2 saturated carbocycles. The number of hydrogen-bond donors (Lipinski definition) is 5. The van der Waals surface area contributed by atoms with Gasteiger partial charge in [0, 0.05) is 18.6 Å². The summed E-state index contributed by atoms with van der Waals surface area (Å²) in [5, 5.41) is 13.6. The quantitative estimate of drug-likeness (QED) is 0.217. The first-order chi connectivity index (χ1) is 21.8. The van der Waals surface area contributed by atoms with Crippen molar-refractivity contribution in [3.8, 4) is 0 Å². The van der Waals surface area contributed by atoms with Crippen LogP contribution >= 0.6 is 0 Å². The first-order valence-electron chi connectivity index (χ1n) is 16.6. The van der Waals surface area contributed by atoms with Gasteiger partial charge in [-0.25, -0.2) is 4.79 Å². The first kappa shape index (κ1) is 35.9. The Morgan fingerprint density at radius 2 is 1.55 bits per heavy atom. The molecule has 1 aromatic carbocycles. The van der Waals surface area contributed by atoms with Crippen molar-refractivity contribution in [2.75, 3.05) is 13.1 Å². The maximum Gasteiger partial charge on any atom is 0.315 e. The van der Waals surface area contributed by atoms with Gasteiger partial charge in [-0.3, -0.25) is 24.0 Å². The Kier molecular flexibility index (Phi) is 10.4. The molecular weight excluding hydrogens is 600 g/mol. The van der Waals surface area contributed by atoms with E-state index in [-0.39, 0.29) is 42.2 Å². The standard InChI is InChI=1S/C35H52N6O6/c1-33(2,3)28(39-32(47)40-34(4,5)6)31(46)41-19-22-25(35(22,7)8)26(41)29(44)38-23(16-20-14-15-20)27(43)30(45)37-18-24(42)36-17-21-12-10-9-11-13-21/h9-13,20,22-23,25-26,28H,14-19H2,1-8H3,(H,36,42)(H,37,45)(H,38,44)(H2,39,40,47)/t22-,23?,25-,26-,28+/m0/s1. The lowest BCUT2D eigenvalue weighted by molar-refractivity contribution is -0.145. The van der Waals surface area contributed by atoms with Gasteiger partial charge in [0.05, 0.1) is 12.6 Å².